The number of methoxy groups -OCH3 is 2. The van der Waals surface area contributed by atoms with Crippen LogP contribution in [0.15, 0.2) is 36.4 Å². The molecule has 2 rings (SSSR count). The highest BCUT2D eigenvalue weighted by atomic mass is 16.5. The summed E-state index contributed by atoms with van der Waals surface area (Å²) in [5.41, 5.74) is 10.5. The second-order valence-electron chi connectivity index (χ2n) is 5.35. The Balaban J connectivity index is 2.51. The van der Waals surface area contributed by atoms with Crippen LogP contribution in [0.25, 0.3) is 11.1 Å². The van der Waals surface area contributed by atoms with Gasteiger partial charge >= 0.3 is 0 Å². The summed E-state index contributed by atoms with van der Waals surface area (Å²) in [6.07, 6.45) is 0. The second-order valence-corrected chi connectivity index (χ2v) is 5.35. The minimum atomic E-state index is 0.460. The van der Waals surface area contributed by atoms with Crippen molar-refractivity contribution in [2.24, 2.45) is 5.73 Å². The van der Waals surface area contributed by atoms with Crippen LogP contribution < -0.4 is 15.2 Å². The minimum Gasteiger partial charge on any atom is -0.493 e. The van der Waals surface area contributed by atoms with Gasteiger partial charge in [0.05, 0.1) is 14.2 Å². The molecule has 0 aliphatic carbocycles. The highest BCUT2D eigenvalue weighted by molar-refractivity contribution is 5.71. The van der Waals surface area contributed by atoms with Crippen molar-refractivity contribution in [1.82, 2.24) is 0 Å². The van der Waals surface area contributed by atoms with Crippen molar-refractivity contribution in [2.75, 3.05) is 14.2 Å². The molecule has 0 saturated heterocycles. The smallest absolute Gasteiger partial charge is 0.161 e. The van der Waals surface area contributed by atoms with Crippen molar-refractivity contribution in [3.8, 4) is 22.6 Å². The molecule has 21 heavy (non-hydrogen) atoms. The van der Waals surface area contributed by atoms with E-state index in [-0.39, 0.29) is 0 Å². The van der Waals surface area contributed by atoms with Crippen LogP contribution in [-0.2, 0) is 6.54 Å². The molecule has 2 aromatic rings. The maximum absolute atomic E-state index is 5.88. The predicted molar refractivity (Wildman–Crippen MR) is 87.0 cm³/mol. The average Bonchev–Trinajstić information content (AvgIpc) is 2.53. The molecule has 0 saturated carbocycles. The summed E-state index contributed by atoms with van der Waals surface area (Å²) in [5.74, 6) is 1.96. The molecular formula is C18H23NO2. The predicted octanol–water partition coefficient (Wildman–Crippen LogP) is 3.95. The maximum atomic E-state index is 5.88. The first-order valence-corrected chi connectivity index (χ1v) is 7.16. The Hall–Kier alpha value is -2.00. The molecule has 0 aliphatic heterocycles. The van der Waals surface area contributed by atoms with Crippen molar-refractivity contribution < 1.29 is 9.47 Å². The molecule has 0 aliphatic rings. The molecule has 0 unspecified atom stereocenters. The Labute approximate surface area is 126 Å². The molecule has 0 bridgehead atoms. The molecule has 0 atom stereocenters. The quantitative estimate of drug-likeness (QED) is 0.904. The van der Waals surface area contributed by atoms with Gasteiger partial charge in [0.2, 0.25) is 0 Å². The zero-order valence-electron chi connectivity index (χ0n) is 13.1. The lowest BCUT2D eigenvalue weighted by molar-refractivity contribution is 0.354. The van der Waals surface area contributed by atoms with E-state index < -0.39 is 0 Å². The third kappa shape index (κ3) is 3.19. The number of nitrogens with two attached hydrogens (primary N) is 1. The van der Waals surface area contributed by atoms with Gasteiger partial charge < -0.3 is 15.2 Å². The summed E-state index contributed by atoms with van der Waals surface area (Å²) in [4.78, 5) is 0. The van der Waals surface area contributed by atoms with Gasteiger partial charge in [0.1, 0.15) is 0 Å². The summed E-state index contributed by atoms with van der Waals surface area (Å²) < 4.78 is 10.7. The molecule has 0 radical (unpaired) electrons. The summed E-state index contributed by atoms with van der Waals surface area (Å²) in [6, 6.07) is 12.5. The first-order chi connectivity index (χ1) is 10.1. The molecular weight excluding hydrogens is 262 g/mol. The van der Waals surface area contributed by atoms with Crippen molar-refractivity contribution >= 4 is 0 Å². The number of hydrogen-bond acceptors (Lipinski definition) is 3. The van der Waals surface area contributed by atoms with Gasteiger partial charge in [-0.2, -0.15) is 0 Å². The van der Waals surface area contributed by atoms with Crippen LogP contribution in [-0.4, -0.2) is 14.2 Å². The van der Waals surface area contributed by atoms with E-state index >= 15 is 0 Å². The molecule has 112 valence electrons. The van der Waals surface area contributed by atoms with E-state index in [0.717, 1.165) is 22.4 Å². The van der Waals surface area contributed by atoms with E-state index in [1.165, 1.54) is 5.56 Å². The first kappa shape index (κ1) is 15.4. The normalized spacial score (nSPS) is 10.8. The molecule has 3 nitrogen and oxygen atoms in total. The van der Waals surface area contributed by atoms with Gasteiger partial charge in [-0.25, -0.2) is 0 Å². The Kier molecular flexibility index (Phi) is 4.86. The maximum Gasteiger partial charge on any atom is 0.161 e. The average molecular weight is 285 g/mol. The lowest BCUT2D eigenvalue weighted by Crippen LogP contribution is -2.01. The van der Waals surface area contributed by atoms with Crippen LogP contribution in [0.4, 0.5) is 0 Å². The first-order valence-electron chi connectivity index (χ1n) is 7.16. The largest absolute Gasteiger partial charge is 0.493 e. The van der Waals surface area contributed by atoms with E-state index in [4.69, 9.17) is 15.2 Å². The lowest BCUT2D eigenvalue weighted by Gasteiger charge is -2.15. The molecule has 0 fully saturated rings. The fourth-order valence-electron chi connectivity index (χ4n) is 2.41. The van der Waals surface area contributed by atoms with Crippen LogP contribution in [0.3, 0.4) is 0 Å². The molecule has 0 heterocycles. The monoisotopic (exact) mass is 285 g/mol. The molecule has 2 aromatic carbocycles. The number of hydrogen-bond donors (Lipinski definition) is 1. The zero-order chi connectivity index (χ0) is 15.4. The number of benzene rings is 2. The number of rotatable bonds is 5. The van der Waals surface area contributed by atoms with Crippen LogP contribution in [0.5, 0.6) is 11.5 Å². The van der Waals surface area contributed by atoms with Gasteiger partial charge in [-0.05, 0) is 40.3 Å². The summed E-state index contributed by atoms with van der Waals surface area (Å²) >= 11 is 0. The van der Waals surface area contributed by atoms with Crippen molar-refractivity contribution in [3.63, 3.8) is 0 Å². The van der Waals surface area contributed by atoms with Crippen molar-refractivity contribution in [1.29, 1.82) is 0 Å². The van der Waals surface area contributed by atoms with E-state index in [1.54, 1.807) is 14.2 Å². The summed E-state index contributed by atoms with van der Waals surface area (Å²) in [6.45, 7) is 4.84. The fourth-order valence-corrected chi connectivity index (χ4v) is 2.41. The Morgan fingerprint density at radius 2 is 1.52 bits per heavy atom. The topological polar surface area (TPSA) is 44.5 Å². The van der Waals surface area contributed by atoms with Gasteiger partial charge in [0.15, 0.2) is 11.5 Å². The van der Waals surface area contributed by atoms with Gasteiger partial charge in [0, 0.05) is 6.54 Å². The molecule has 0 aromatic heterocycles. The molecule has 2 N–H and O–H groups in total. The van der Waals surface area contributed by atoms with Gasteiger partial charge in [-0.1, -0.05) is 38.1 Å². The van der Waals surface area contributed by atoms with E-state index in [0.29, 0.717) is 18.2 Å². The van der Waals surface area contributed by atoms with Crippen LogP contribution in [0.1, 0.15) is 30.9 Å². The van der Waals surface area contributed by atoms with Crippen LogP contribution >= 0.6 is 0 Å². The zero-order valence-corrected chi connectivity index (χ0v) is 13.1. The van der Waals surface area contributed by atoms with Crippen LogP contribution in [0, 0.1) is 0 Å². The summed E-state index contributed by atoms with van der Waals surface area (Å²) in [7, 11) is 3.28. The molecule has 0 spiro atoms. The Morgan fingerprint density at radius 1 is 0.952 bits per heavy atom. The second kappa shape index (κ2) is 6.64. The fraction of sp³-hybridized carbons (Fsp3) is 0.333. The summed E-state index contributed by atoms with van der Waals surface area (Å²) in [5, 5.41) is 0. The third-order valence-electron chi connectivity index (χ3n) is 3.72. The van der Waals surface area contributed by atoms with Gasteiger partial charge in [-0.15, -0.1) is 0 Å². The van der Waals surface area contributed by atoms with Gasteiger partial charge in [0.25, 0.3) is 0 Å². The van der Waals surface area contributed by atoms with E-state index in [1.807, 2.05) is 12.1 Å². The third-order valence-corrected chi connectivity index (χ3v) is 3.72. The molecule has 3 heteroatoms. The Bertz CT molecular complexity index is 603. The SMILES string of the molecule is COc1cc(CN)c(-c2ccc(C(C)C)cc2)cc1OC. The standard InChI is InChI=1S/C18H23NO2/c1-12(2)13-5-7-14(8-6-13)16-10-18(21-4)17(20-3)9-15(16)11-19/h5-10,12H,11,19H2,1-4H3. The Morgan fingerprint density at radius 3 is 2.00 bits per heavy atom. The van der Waals surface area contributed by atoms with Crippen molar-refractivity contribution in [3.05, 3.63) is 47.5 Å². The molecule has 0 amide bonds. The van der Waals surface area contributed by atoms with Crippen molar-refractivity contribution in [2.45, 2.75) is 26.3 Å². The van der Waals surface area contributed by atoms with Gasteiger partial charge in [-0.3, -0.25) is 0 Å². The number of ether oxygens (including phenoxy) is 2. The highest BCUT2D eigenvalue weighted by Crippen LogP contribution is 2.36. The van der Waals surface area contributed by atoms with E-state index in [2.05, 4.69) is 38.1 Å². The highest BCUT2D eigenvalue weighted by Gasteiger charge is 2.12. The minimum absolute atomic E-state index is 0.460. The van der Waals surface area contributed by atoms with E-state index in [9.17, 15) is 0 Å². The van der Waals surface area contributed by atoms with Crippen LogP contribution in [0.2, 0.25) is 0 Å². The lowest BCUT2D eigenvalue weighted by atomic mass is 9.95.